The van der Waals surface area contributed by atoms with Gasteiger partial charge in [0, 0.05) is 47.3 Å². The molecule has 5 rings (SSSR count). The van der Waals surface area contributed by atoms with Gasteiger partial charge in [-0.2, -0.15) is 5.26 Å². The molecule has 2 aromatic carbocycles. The molecule has 0 saturated carbocycles. The number of para-hydroxylation sites is 2. The molecule has 0 aliphatic carbocycles. The number of nitrogens with zero attached hydrogens (tertiary/aromatic N) is 4. The molecule has 34 heavy (non-hydrogen) atoms. The summed E-state index contributed by atoms with van der Waals surface area (Å²) in [6.07, 6.45) is 6.97. The fraction of sp³-hybridized carbons (Fsp3) is 0.259. The Morgan fingerprint density at radius 2 is 1.62 bits per heavy atom. The van der Waals surface area contributed by atoms with E-state index >= 15 is 0 Å². The molecule has 172 valence electrons. The summed E-state index contributed by atoms with van der Waals surface area (Å²) in [6.45, 7) is 4.46. The maximum absolute atomic E-state index is 13.3. The Hall–Kier alpha value is -4.02. The number of nitrogens with two attached hydrogens (primary N) is 1. The average Bonchev–Trinajstić information content (AvgIpc) is 3.51. The van der Waals surface area contributed by atoms with Crippen LogP contribution in [0.2, 0.25) is 0 Å². The van der Waals surface area contributed by atoms with Gasteiger partial charge >= 0.3 is 5.69 Å². The number of rotatable bonds is 8. The second-order valence-corrected chi connectivity index (χ2v) is 8.57. The summed E-state index contributed by atoms with van der Waals surface area (Å²) in [5.74, 6) is 0. The van der Waals surface area contributed by atoms with Crippen LogP contribution in [-0.2, 0) is 13.1 Å². The van der Waals surface area contributed by atoms with Crippen LogP contribution in [0.3, 0.4) is 0 Å². The van der Waals surface area contributed by atoms with Crippen LogP contribution in [0.5, 0.6) is 0 Å². The molecule has 0 aliphatic rings. The number of benzene rings is 2. The van der Waals surface area contributed by atoms with Crippen LogP contribution < -0.4 is 11.4 Å². The van der Waals surface area contributed by atoms with Gasteiger partial charge < -0.3 is 14.9 Å². The van der Waals surface area contributed by atoms with Crippen LogP contribution in [0.1, 0.15) is 31.9 Å². The van der Waals surface area contributed by atoms with E-state index in [0.29, 0.717) is 12.2 Å². The number of aromatic amines is 1. The Morgan fingerprint density at radius 1 is 0.941 bits per heavy atom. The van der Waals surface area contributed by atoms with E-state index in [4.69, 9.17) is 5.73 Å². The third kappa shape index (κ3) is 3.53. The lowest BCUT2D eigenvalue weighted by atomic mass is 10.1. The van der Waals surface area contributed by atoms with Crippen molar-refractivity contribution in [3.8, 4) is 23.0 Å². The normalized spacial score (nSPS) is 11.4. The molecule has 3 aromatic heterocycles. The Kier molecular flexibility index (Phi) is 5.83. The number of imidazole rings is 1. The van der Waals surface area contributed by atoms with Gasteiger partial charge in [-0.1, -0.05) is 43.3 Å². The molecule has 0 saturated heterocycles. The number of nitriles is 1. The topological polar surface area (TPSA) is 97.5 Å². The van der Waals surface area contributed by atoms with Crippen LogP contribution in [0, 0.1) is 11.3 Å². The van der Waals surface area contributed by atoms with Crippen LogP contribution >= 0.6 is 0 Å². The predicted molar refractivity (Wildman–Crippen MR) is 136 cm³/mol. The fourth-order valence-electron chi connectivity index (χ4n) is 4.88. The molecular formula is C27H28N6O. The highest BCUT2D eigenvalue weighted by molar-refractivity contribution is 5.98. The van der Waals surface area contributed by atoms with Gasteiger partial charge in [0.1, 0.15) is 11.8 Å². The lowest BCUT2D eigenvalue weighted by Crippen LogP contribution is -2.15. The maximum Gasteiger partial charge on any atom is 0.331 e. The molecular weight excluding hydrogens is 424 g/mol. The van der Waals surface area contributed by atoms with Crippen LogP contribution in [0.25, 0.3) is 38.8 Å². The molecule has 0 radical (unpaired) electrons. The summed E-state index contributed by atoms with van der Waals surface area (Å²) >= 11 is 0. The van der Waals surface area contributed by atoms with Gasteiger partial charge in [-0.3, -0.25) is 9.55 Å². The van der Waals surface area contributed by atoms with E-state index in [-0.39, 0.29) is 11.4 Å². The van der Waals surface area contributed by atoms with Gasteiger partial charge in [-0.15, -0.1) is 0 Å². The lowest BCUT2D eigenvalue weighted by molar-refractivity contribution is 0.630. The van der Waals surface area contributed by atoms with E-state index in [1.165, 1.54) is 0 Å². The minimum atomic E-state index is -0.314. The predicted octanol–water partition coefficient (Wildman–Crippen LogP) is 4.76. The smallest absolute Gasteiger partial charge is 0.331 e. The van der Waals surface area contributed by atoms with Gasteiger partial charge in [0.2, 0.25) is 0 Å². The zero-order valence-electron chi connectivity index (χ0n) is 19.3. The van der Waals surface area contributed by atoms with E-state index < -0.39 is 0 Å². The molecule has 0 spiro atoms. The number of hydrogen-bond acceptors (Lipinski definition) is 3. The zero-order valence-corrected chi connectivity index (χ0v) is 19.3. The zero-order chi connectivity index (χ0) is 23.7. The SMILES string of the molecule is CCCn1cc(-n2c(-c3cn(CCCCN)c4ccccc34)c(C#N)[nH]c2=O)c2ccccc21. The maximum atomic E-state index is 13.3. The van der Waals surface area contributed by atoms with Crippen molar-refractivity contribution in [3.63, 3.8) is 0 Å². The highest BCUT2D eigenvalue weighted by Crippen LogP contribution is 2.35. The van der Waals surface area contributed by atoms with E-state index in [1.54, 1.807) is 4.57 Å². The molecule has 3 N–H and O–H groups in total. The van der Waals surface area contributed by atoms with Crippen molar-refractivity contribution in [2.75, 3.05) is 6.54 Å². The van der Waals surface area contributed by atoms with Crippen molar-refractivity contribution in [1.29, 1.82) is 5.26 Å². The lowest BCUT2D eigenvalue weighted by Gasteiger charge is -2.06. The second-order valence-electron chi connectivity index (χ2n) is 8.57. The standard InChI is InChI=1S/C27H28N6O/c1-2-14-31-18-25(20-10-4-6-12-24(20)31)33-26(22(16-29)30-27(33)34)21-17-32(15-8-7-13-28)23-11-5-3-9-19(21)23/h3-6,9-12,17-18H,2,7-8,13-15,28H2,1H3,(H,30,34). The van der Waals surface area contributed by atoms with Crippen molar-refractivity contribution in [2.24, 2.45) is 5.73 Å². The minimum Gasteiger partial charge on any atom is -0.347 e. The third-order valence-electron chi connectivity index (χ3n) is 6.38. The monoisotopic (exact) mass is 452 g/mol. The van der Waals surface area contributed by atoms with E-state index in [9.17, 15) is 10.1 Å². The number of aryl methyl sites for hydroxylation is 2. The Labute approximate surface area is 197 Å². The Bertz CT molecular complexity index is 1570. The molecule has 0 bridgehead atoms. The van der Waals surface area contributed by atoms with Gasteiger partial charge in [0.05, 0.1) is 16.9 Å². The van der Waals surface area contributed by atoms with E-state index in [1.807, 2.05) is 42.6 Å². The van der Waals surface area contributed by atoms with Gasteiger partial charge in [0.25, 0.3) is 0 Å². The molecule has 0 aliphatic heterocycles. The highest BCUT2D eigenvalue weighted by Gasteiger charge is 2.23. The van der Waals surface area contributed by atoms with Crippen molar-refractivity contribution in [1.82, 2.24) is 18.7 Å². The summed E-state index contributed by atoms with van der Waals surface area (Å²) in [6, 6.07) is 18.4. The first kappa shape index (κ1) is 21.8. The van der Waals surface area contributed by atoms with Gasteiger partial charge in [0.15, 0.2) is 0 Å². The molecule has 5 aromatic rings. The Balaban J connectivity index is 1.79. The van der Waals surface area contributed by atoms with Crippen LogP contribution in [-0.4, -0.2) is 25.2 Å². The van der Waals surface area contributed by atoms with Crippen LogP contribution in [0.4, 0.5) is 0 Å². The van der Waals surface area contributed by atoms with Gasteiger partial charge in [-0.25, -0.2) is 4.79 Å². The molecule has 3 heterocycles. The van der Waals surface area contributed by atoms with Gasteiger partial charge in [-0.05, 0) is 37.9 Å². The van der Waals surface area contributed by atoms with Crippen molar-refractivity contribution in [3.05, 3.63) is 77.1 Å². The summed E-state index contributed by atoms with van der Waals surface area (Å²) in [5, 5.41) is 12.0. The van der Waals surface area contributed by atoms with Crippen LogP contribution in [0.15, 0.2) is 65.7 Å². The number of aromatic nitrogens is 4. The quantitative estimate of drug-likeness (QED) is 0.332. The summed E-state index contributed by atoms with van der Waals surface area (Å²) in [5.41, 5.74) is 10.0. The minimum absolute atomic E-state index is 0.266. The molecule has 7 heteroatoms. The molecule has 0 amide bonds. The number of nitrogens with one attached hydrogen (secondary N) is 1. The van der Waals surface area contributed by atoms with Crippen molar-refractivity contribution >= 4 is 21.8 Å². The first-order chi connectivity index (χ1) is 16.7. The summed E-state index contributed by atoms with van der Waals surface area (Å²) in [4.78, 5) is 16.1. The second kappa shape index (κ2) is 9.08. The molecule has 0 unspecified atom stereocenters. The summed E-state index contributed by atoms with van der Waals surface area (Å²) < 4.78 is 6.04. The fourth-order valence-corrected chi connectivity index (χ4v) is 4.88. The number of unbranched alkanes of at least 4 members (excludes halogenated alkanes) is 1. The number of H-pyrrole nitrogens is 1. The molecule has 0 fully saturated rings. The largest absolute Gasteiger partial charge is 0.347 e. The molecule has 7 nitrogen and oxygen atoms in total. The first-order valence-corrected chi connectivity index (χ1v) is 11.8. The summed E-state index contributed by atoms with van der Waals surface area (Å²) in [7, 11) is 0. The van der Waals surface area contributed by atoms with E-state index in [0.717, 1.165) is 65.4 Å². The number of fused-ring (bicyclic) bond motifs is 2. The highest BCUT2D eigenvalue weighted by atomic mass is 16.1. The third-order valence-corrected chi connectivity index (χ3v) is 6.38. The Morgan fingerprint density at radius 3 is 2.32 bits per heavy atom. The molecule has 0 atom stereocenters. The van der Waals surface area contributed by atoms with Crippen molar-refractivity contribution < 1.29 is 0 Å². The van der Waals surface area contributed by atoms with E-state index in [2.05, 4.69) is 45.4 Å². The first-order valence-electron chi connectivity index (χ1n) is 11.8. The average molecular weight is 453 g/mol. The number of hydrogen-bond donors (Lipinski definition) is 2. The van der Waals surface area contributed by atoms with Crippen molar-refractivity contribution in [2.45, 2.75) is 39.3 Å².